The number of hydrogen-bond donors (Lipinski definition) is 0. The number of carbonyl (C=O) groups excluding carboxylic acids is 3. The van der Waals surface area contributed by atoms with Crippen molar-refractivity contribution < 1.29 is 28.6 Å². The van der Waals surface area contributed by atoms with E-state index in [-0.39, 0.29) is 31.1 Å². The fraction of sp³-hybridized carbons (Fsp3) is 0.940. The molecule has 0 aromatic heterocycles. The van der Waals surface area contributed by atoms with Crippen molar-refractivity contribution in [1.82, 2.24) is 0 Å². The first-order valence-electron chi connectivity index (χ1n) is 24.7. The van der Waals surface area contributed by atoms with Gasteiger partial charge in [0, 0.05) is 19.3 Å². The maximum Gasteiger partial charge on any atom is 0.306 e. The predicted molar refractivity (Wildman–Crippen MR) is 238 cm³/mol. The van der Waals surface area contributed by atoms with Gasteiger partial charge in [0.2, 0.25) is 0 Å². The minimum Gasteiger partial charge on any atom is -0.462 e. The van der Waals surface area contributed by atoms with E-state index in [1.165, 1.54) is 161 Å². The van der Waals surface area contributed by atoms with E-state index < -0.39 is 6.10 Å². The highest BCUT2D eigenvalue weighted by atomic mass is 16.6. The van der Waals surface area contributed by atoms with Crippen LogP contribution in [0.5, 0.6) is 0 Å². The Morgan fingerprint density at radius 3 is 0.875 bits per heavy atom. The van der Waals surface area contributed by atoms with Gasteiger partial charge in [-0.05, 0) is 31.1 Å². The highest BCUT2D eigenvalue weighted by Crippen LogP contribution is 2.17. The van der Waals surface area contributed by atoms with Crippen molar-refractivity contribution in [2.24, 2.45) is 11.8 Å². The molecule has 6 nitrogen and oxygen atoms in total. The summed E-state index contributed by atoms with van der Waals surface area (Å²) in [5.74, 6) is 0.751. The lowest BCUT2D eigenvalue weighted by molar-refractivity contribution is -0.167. The zero-order valence-electron chi connectivity index (χ0n) is 38.3. The Bertz CT molecular complexity index is 854. The van der Waals surface area contributed by atoms with E-state index in [1.807, 2.05) is 0 Å². The molecule has 0 aliphatic rings. The van der Waals surface area contributed by atoms with Gasteiger partial charge in [0.05, 0.1) is 0 Å². The van der Waals surface area contributed by atoms with Crippen molar-refractivity contribution in [2.75, 3.05) is 13.2 Å². The molecule has 0 amide bonds. The van der Waals surface area contributed by atoms with Crippen molar-refractivity contribution >= 4 is 17.9 Å². The van der Waals surface area contributed by atoms with Crippen LogP contribution in [0.25, 0.3) is 0 Å². The van der Waals surface area contributed by atoms with Gasteiger partial charge in [-0.3, -0.25) is 14.4 Å². The summed E-state index contributed by atoms with van der Waals surface area (Å²) in [7, 11) is 0. The maximum absolute atomic E-state index is 12.8. The minimum atomic E-state index is -0.761. The molecule has 332 valence electrons. The molecule has 0 aromatic rings. The number of unbranched alkanes of at least 4 members (excludes halogenated alkanes) is 29. The van der Waals surface area contributed by atoms with Crippen LogP contribution in [0.4, 0.5) is 0 Å². The Balaban J connectivity index is 4.32. The summed E-state index contributed by atoms with van der Waals surface area (Å²) in [6, 6.07) is 0. The molecule has 0 unspecified atom stereocenters. The molecule has 0 spiro atoms. The average Bonchev–Trinajstić information content (AvgIpc) is 3.16. The molecule has 0 N–H and O–H groups in total. The second-order valence-electron chi connectivity index (χ2n) is 18.1. The van der Waals surface area contributed by atoms with Crippen molar-refractivity contribution in [3.8, 4) is 0 Å². The summed E-state index contributed by atoms with van der Waals surface area (Å²) in [5.41, 5.74) is 0. The molecule has 0 aliphatic carbocycles. The maximum atomic E-state index is 12.8. The molecule has 6 heteroatoms. The third-order valence-corrected chi connectivity index (χ3v) is 11.2. The summed E-state index contributed by atoms with van der Waals surface area (Å²) in [5, 5.41) is 0. The van der Waals surface area contributed by atoms with Crippen LogP contribution < -0.4 is 0 Å². The van der Waals surface area contributed by atoms with E-state index in [0.29, 0.717) is 19.3 Å². The van der Waals surface area contributed by atoms with Crippen LogP contribution in [0, 0.1) is 11.8 Å². The topological polar surface area (TPSA) is 78.9 Å². The first-order chi connectivity index (χ1) is 27.2. The number of carbonyl (C=O) groups is 3. The van der Waals surface area contributed by atoms with Crippen molar-refractivity contribution in [1.29, 1.82) is 0 Å². The van der Waals surface area contributed by atoms with Gasteiger partial charge in [-0.25, -0.2) is 0 Å². The van der Waals surface area contributed by atoms with Crippen LogP contribution in [0.1, 0.15) is 272 Å². The average molecular weight is 793 g/mol. The van der Waals surface area contributed by atoms with E-state index in [9.17, 15) is 14.4 Å². The Kier molecular flexibility index (Phi) is 41.8. The minimum absolute atomic E-state index is 0.0648. The van der Waals surface area contributed by atoms with Gasteiger partial charge in [-0.1, -0.05) is 234 Å². The van der Waals surface area contributed by atoms with Gasteiger partial charge in [-0.2, -0.15) is 0 Å². The van der Waals surface area contributed by atoms with Crippen LogP contribution >= 0.6 is 0 Å². The lowest BCUT2D eigenvalue weighted by Gasteiger charge is -2.18. The number of hydrogen-bond acceptors (Lipinski definition) is 6. The molecule has 0 radical (unpaired) electrons. The lowest BCUT2D eigenvalue weighted by Crippen LogP contribution is -2.30. The van der Waals surface area contributed by atoms with E-state index in [4.69, 9.17) is 14.2 Å². The van der Waals surface area contributed by atoms with Crippen LogP contribution in [-0.2, 0) is 28.6 Å². The van der Waals surface area contributed by atoms with Crippen LogP contribution in [-0.4, -0.2) is 37.2 Å². The summed E-state index contributed by atoms with van der Waals surface area (Å²) in [6.07, 6.45) is 42.3. The Labute approximate surface area is 348 Å². The molecule has 0 saturated heterocycles. The molecule has 56 heavy (non-hydrogen) atoms. The molecule has 0 rings (SSSR count). The van der Waals surface area contributed by atoms with Crippen LogP contribution in [0.15, 0.2) is 0 Å². The molecule has 1 atom stereocenters. The van der Waals surface area contributed by atoms with Gasteiger partial charge in [-0.15, -0.1) is 0 Å². The largest absolute Gasteiger partial charge is 0.462 e. The summed E-state index contributed by atoms with van der Waals surface area (Å²) in [6.45, 7) is 11.3. The quantitative estimate of drug-likeness (QED) is 0.0347. The van der Waals surface area contributed by atoms with Gasteiger partial charge in [0.25, 0.3) is 0 Å². The van der Waals surface area contributed by atoms with Gasteiger partial charge < -0.3 is 14.2 Å². The third kappa shape index (κ3) is 43.5. The highest BCUT2D eigenvalue weighted by molar-refractivity contribution is 5.71. The van der Waals surface area contributed by atoms with Crippen molar-refractivity contribution in [3.63, 3.8) is 0 Å². The highest BCUT2D eigenvalue weighted by Gasteiger charge is 2.19. The number of rotatable bonds is 44. The van der Waals surface area contributed by atoms with E-state index >= 15 is 0 Å². The smallest absolute Gasteiger partial charge is 0.306 e. The fourth-order valence-electron chi connectivity index (χ4n) is 7.46. The molecule has 0 fully saturated rings. The summed E-state index contributed by atoms with van der Waals surface area (Å²) in [4.78, 5) is 37.8. The molecule has 0 aromatic carbocycles. The second-order valence-corrected chi connectivity index (χ2v) is 18.1. The number of ether oxygens (including phenoxy) is 3. The lowest BCUT2D eigenvalue weighted by atomic mass is 10.0. The summed E-state index contributed by atoms with van der Waals surface area (Å²) >= 11 is 0. The Hall–Kier alpha value is -1.59. The molecule has 0 saturated carbocycles. The second kappa shape index (κ2) is 43.0. The zero-order valence-corrected chi connectivity index (χ0v) is 38.3. The van der Waals surface area contributed by atoms with E-state index in [0.717, 1.165) is 69.6 Å². The first kappa shape index (κ1) is 54.4. The Morgan fingerprint density at radius 1 is 0.339 bits per heavy atom. The van der Waals surface area contributed by atoms with Gasteiger partial charge in [0.15, 0.2) is 6.10 Å². The van der Waals surface area contributed by atoms with E-state index in [1.54, 1.807) is 0 Å². The van der Waals surface area contributed by atoms with Crippen molar-refractivity contribution in [3.05, 3.63) is 0 Å². The van der Waals surface area contributed by atoms with Crippen molar-refractivity contribution in [2.45, 2.75) is 278 Å². The first-order valence-corrected chi connectivity index (χ1v) is 24.7. The molecule has 0 heterocycles. The van der Waals surface area contributed by atoms with E-state index in [2.05, 4.69) is 34.6 Å². The van der Waals surface area contributed by atoms with Crippen LogP contribution in [0.2, 0.25) is 0 Å². The normalized spacial score (nSPS) is 12.1. The predicted octanol–water partition coefficient (Wildman–Crippen LogP) is 15.8. The summed E-state index contributed by atoms with van der Waals surface area (Å²) < 4.78 is 16.8. The number of esters is 3. The molecule has 0 bridgehead atoms. The van der Waals surface area contributed by atoms with Crippen LogP contribution in [0.3, 0.4) is 0 Å². The third-order valence-electron chi connectivity index (χ3n) is 11.2. The van der Waals surface area contributed by atoms with Gasteiger partial charge in [0.1, 0.15) is 13.2 Å². The SMILES string of the molecule is CCCCCCCCCCCCCCCCCC(=O)O[C@@H](COC(=O)CCCCCCCCCCCC(C)C)COC(=O)CCCCCCCCCCC(C)C. The standard InChI is InChI=1S/C50H96O6/c1-6-7-8-9-10-11-12-13-14-15-16-19-27-32-37-42-50(53)56-47(44-55-49(52)41-36-31-26-22-21-24-29-34-39-46(4)5)43-54-48(51)40-35-30-25-20-17-18-23-28-33-38-45(2)3/h45-47H,6-44H2,1-5H3/t47-/m0/s1. The molecular formula is C50H96O6. The van der Waals surface area contributed by atoms with Gasteiger partial charge >= 0.3 is 17.9 Å². The molecular weight excluding hydrogens is 697 g/mol. The fourth-order valence-corrected chi connectivity index (χ4v) is 7.46. The monoisotopic (exact) mass is 793 g/mol. The Morgan fingerprint density at radius 2 is 0.589 bits per heavy atom. The zero-order chi connectivity index (χ0) is 41.2. The molecule has 0 aliphatic heterocycles.